The van der Waals surface area contributed by atoms with Crippen LogP contribution < -0.4 is 5.73 Å². The lowest BCUT2D eigenvalue weighted by atomic mass is 9.79. The van der Waals surface area contributed by atoms with Gasteiger partial charge in [-0.3, -0.25) is 0 Å². The molecule has 0 spiro atoms. The zero-order valence-electron chi connectivity index (χ0n) is 9.67. The third-order valence-electron chi connectivity index (χ3n) is 3.36. The summed E-state index contributed by atoms with van der Waals surface area (Å²) in [7, 11) is 0. The van der Waals surface area contributed by atoms with Crippen molar-refractivity contribution in [1.29, 1.82) is 0 Å². The minimum Gasteiger partial charge on any atom is -0.328 e. The van der Waals surface area contributed by atoms with Crippen LogP contribution in [0.3, 0.4) is 0 Å². The molecule has 1 fully saturated rings. The van der Waals surface area contributed by atoms with Gasteiger partial charge >= 0.3 is 0 Å². The van der Waals surface area contributed by atoms with E-state index in [1.807, 2.05) is 6.07 Å². The van der Waals surface area contributed by atoms with Crippen LogP contribution >= 0.6 is 11.3 Å². The van der Waals surface area contributed by atoms with Gasteiger partial charge in [0.15, 0.2) is 0 Å². The van der Waals surface area contributed by atoms with E-state index in [0.29, 0.717) is 6.04 Å². The maximum absolute atomic E-state index is 5.80. The third-order valence-corrected chi connectivity index (χ3v) is 4.23. The van der Waals surface area contributed by atoms with Gasteiger partial charge in [-0.2, -0.15) is 0 Å². The number of rotatable bonds is 3. The van der Waals surface area contributed by atoms with Gasteiger partial charge in [-0.15, -0.1) is 11.3 Å². The molecule has 0 unspecified atom stereocenters. The van der Waals surface area contributed by atoms with Gasteiger partial charge in [0, 0.05) is 23.4 Å². The van der Waals surface area contributed by atoms with Gasteiger partial charge in [-0.25, -0.2) is 4.98 Å². The number of hydrogen-bond acceptors (Lipinski definition) is 3. The quantitative estimate of drug-likeness (QED) is 0.901. The molecule has 2 nitrogen and oxygen atoms in total. The number of thiazole rings is 1. The summed E-state index contributed by atoms with van der Waals surface area (Å²) < 4.78 is 0. The van der Waals surface area contributed by atoms with Gasteiger partial charge in [0.25, 0.3) is 0 Å². The molecular weight excluding hydrogens is 228 g/mol. The van der Waals surface area contributed by atoms with Gasteiger partial charge in [0.2, 0.25) is 0 Å². The van der Waals surface area contributed by atoms with Gasteiger partial charge in [0.1, 0.15) is 0 Å². The normalized spacial score (nSPS) is 23.4. The van der Waals surface area contributed by atoms with Crippen LogP contribution in [-0.2, 0) is 6.42 Å². The SMILES string of the molecule is NC1CC(Cc2nc(-c3ccccc3)cs2)C1. The van der Waals surface area contributed by atoms with Gasteiger partial charge in [0.05, 0.1) is 10.7 Å². The molecule has 3 rings (SSSR count). The summed E-state index contributed by atoms with van der Waals surface area (Å²) in [6, 6.07) is 10.8. The zero-order valence-corrected chi connectivity index (χ0v) is 10.5. The monoisotopic (exact) mass is 244 g/mol. The van der Waals surface area contributed by atoms with E-state index >= 15 is 0 Å². The van der Waals surface area contributed by atoms with Gasteiger partial charge < -0.3 is 5.73 Å². The highest BCUT2D eigenvalue weighted by molar-refractivity contribution is 7.09. The van der Waals surface area contributed by atoms with Crippen molar-refractivity contribution in [3.05, 3.63) is 40.7 Å². The Kier molecular flexibility index (Phi) is 2.95. The Balaban J connectivity index is 1.70. The summed E-state index contributed by atoms with van der Waals surface area (Å²) in [4.78, 5) is 4.71. The smallest absolute Gasteiger partial charge is 0.0935 e. The average Bonchev–Trinajstić information content (AvgIpc) is 2.77. The highest BCUT2D eigenvalue weighted by Gasteiger charge is 2.26. The Hall–Kier alpha value is -1.19. The van der Waals surface area contributed by atoms with Crippen molar-refractivity contribution < 1.29 is 0 Å². The van der Waals surface area contributed by atoms with Crippen LogP contribution in [0.5, 0.6) is 0 Å². The molecule has 17 heavy (non-hydrogen) atoms. The van der Waals surface area contributed by atoms with Crippen LogP contribution in [-0.4, -0.2) is 11.0 Å². The minimum absolute atomic E-state index is 0.438. The van der Waals surface area contributed by atoms with E-state index in [-0.39, 0.29) is 0 Å². The van der Waals surface area contributed by atoms with E-state index in [9.17, 15) is 0 Å². The van der Waals surface area contributed by atoms with Crippen LogP contribution in [0.4, 0.5) is 0 Å². The zero-order chi connectivity index (χ0) is 11.7. The van der Waals surface area contributed by atoms with E-state index in [4.69, 9.17) is 10.7 Å². The molecule has 88 valence electrons. The molecule has 1 heterocycles. The first-order valence-electron chi connectivity index (χ1n) is 6.06. The summed E-state index contributed by atoms with van der Waals surface area (Å²) in [6.07, 6.45) is 3.44. The van der Waals surface area contributed by atoms with E-state index < -0.39 is 0 Å². The fourth-order valence-corrected chi connectivity index (χ4v) is 3.27. The molecule has 1 aliphatic rings. The molecule has 1 aromatic carbocycles. The lowest BCUT2D eigenvalue weighted by molar-refractivity contribution is 0.264. The van der Waals surface area contributed by atoms with E-state index in [1.54, 1.807) is 11.3 Å². The van der Waals surface area contributed by atoms with Crippen LogP contribution in [0.25, 0.3) is 11.3 Å². The Morgan fingerprint density at radius 3 is 2.71 bits per heavy atom. The maximum atomic E-state index is 5.80. The standard InChI is InChI=1S/C14H16N2S/c15-12-6-10(7-12)8-14-16-13(9-17-14)11-4-2-1-3-5-11/h1-5,9-10,12H,6-8,15H2. The maximum Gasteiger partial charge on any atom is 0.0935 e. The number of hydrogen-bond donors (Lipinski definition) is 1. The molecule has 2 aromatic rings. The second kappa shape index (κ2) is 4.59. The first kappa shape index (κ1) is 10.9. The number of aromatic nitrogens is 1. The topological polar surface area (TPSA) is 38.9 Å². The van der Waals surface area contributed by atoms with Crippen molar-refractivity contribution in [2.45, 2.75) is 25.3 Å². The first-order chi connectivity index (χ1) is 8.31. The summed E-state index contributed by atoms with van der Waals surface area (Å²) in [5, 5.41) is 3.41. The predicted molar refractivity (Wildman–Crippen MR) is 72.0 cm³/mol. The number of nitrogens with two attached hydrogens (primary N) is 1. The van der Waals surface area contributed by atoms with Crippen LogP contribution in [0.15, 0.2) is 35.7 Å². The second-order valence-corrected chi connectivity index (χ2v) is 5.74. The first-order valence-corrected chi connectivity index (χ1v) is 6.94. The molecule has 0 atom stereocenters. The fourth-order valence-electron chi connectivity index (χ4n) is 2.35. The molecule has 3 heteroatoms. The van der Waals surface area contributed by atoms with Crippen molar-refractivity contribution in [2.24, 2.45) is 11.7 Å². The van der Waals surface area contributed by atoms with E-state index in [1.165, 1.54) is 23.4 Å². The Morgan fingerprint density at radius 2 is 2.00 bits per heavy atom. The van der Waals surface area contributed by atoms with Gasteiger partial charge in [-0.1, -0.05) is 30.3 Å². The molecule has 0 bridgehead atoms. The molecular formula is C14H16N2S. The molecule has 0 amide bonds. The second-order valence-electron chi connectivity index (χ2n) is 4.79. The lowest BCUT2D eigenvalue weighted by Gasteiger charge is -2.31. The van der Waals surface area contributed by atoms with Crippen molar-refractivity contribution in [3.8, 4) is 11.3 Å². The summed E-state index contributed by atoms with van der Waals surface area (Å²) in [6.45, 7) is 0. The third kappa shape index (κ3) is 2.40. The van der Waals surface area contributed by atoms with Crippen LogP contribution in [0.2, 0.25) is 0 Å². The van der Waals surface area contributed by atoms with Crippen LogP contribution in [0, 0.1) is 5.92 Å². The van der Waals surface area contributed by atoms with Crippen molar-refractivity contribution in [1.82, 2.24) is 4.98 Å². The Morgan fingerprint density at radius 1 is 1.24 bits per heavy atom. The summed E-state index contributed by atoms with van der Waals surface area (Å²) >= 11 is 1.77. The molecule has 1 aromatic heterocycles. The Labute approximate surface area is 106 Å². The summed E-state index contributed by atoms with van der Waals surface area (Å²) in [5.74, 6) is 0.764. The summed E-state index contributed by atoms with van der Waals surface area (Å²) in [5.41, 5.74) is 8.12. The predicted octanol–water partition coefficient (Wildman–Crippen LogP) is 3.09. The average molecular weight is 244 g/mol. The number of nitrogens with zero attached hydrogens (tertiary/aromatic N) is 1. The van der Waals surface area contributed by atoms with E-state index in [0.717, 1.165) is 18.0 Å². The molecule has 1 aliphatic carbocycles. The molecule has 0 radical (unpaired) electrons. The largest absolute Gasteiger partial charge is 0.328 e. The van der Waals surface area contributed by atoms with Crippen molar-refractivity contribution >= 4 is 11.3 Å². The van der Waals surface area contributed by atoms with Crippen molar-refractivity contribution in [2.75, 3.05) is 0 Å². The lowest BCUT2D eigenvalue weighted by Crippen LogP contribution is -2.37. The minimum atomic E-state index is 0.438. The fraction of sp³-hybridized carbons (Fsp3) is 0.357. The van der Waals surface area contributed by atoms with Gasteiger partial charge in [-0.05, 0) is 18.8 Å². The van der Waals surface area contributed by atoms with Crippen molar-refractivity contribution in [3.63, 3.8) is 0 Å². The highest BCUT2D eigenvalue weighted by Crippen LogP contribution is 2.31. The highest BCUT2D eigenvalue weighted by atomic mass is 32.1. The van der Waals surface area contributed by atoms with E-state index in [2.05, 4.69) is 29.6 Å². The molecule has 0 aliphatic heterocycles. The molecule has 0 saturated heterocycles. The molecule has 2 N–H and O–H groups in total. The number of benzene rings is 1. The van der Waals surface area contributed by atoms with Crippen LogP contribution in [0.1, 0.15) is 17.8 Å². The Bertz CT molecular complexity index is 486. The molecule has 1 saturated carbocycles.